The van der Waals surface area contributed by atoms with E-state index in [0.29, 0.717) is 54.5 Å². The minimum Gasteiger partial charge on any atom is -0.489 e. The van der Waals surface area contributed by atoms with Crippen molar-refractivity contribution in [2.45, 2.75) is 84.8 Å². The summed E-state index contributed by atoms with van der Waals surface area (Å²) < 4.78 is 6.37. The molecule has 1 aliphatic carbocycles. The van der Waals surface area contributed by atoms with Gasteiger partial charge in [-0.15, -0.1) is 0 Å². The number of halogens is 1. The highest BCUT2D eigenvalue weighted by Gasteiger charge is 2.64. The number of imide groups is 2. The number of benzene rings is 3. The Balaban J connectivity index is 0.864. The van der Waals surface area contributed by atoms with Gasteiger partial charge in [-0.1, -0.05) is 45.4 Å². The van der Waals surface area contributed by atoms with Crippen LogP contribution in [0.1, 0.15) is 99.4 Å². The van der Waals surface area contributed by atoms with Crippen molar-refractivity contribution in [3.63, 3.8) is 0 Å². The largest absolute Gasteiger partial charge is 0.489 e. The van der Waals surface area contributed by atoms with Crippen LogP contribution in [0.15, 0.2) is 48.5 Å². The highest BCUT2D eigenvalue weighted by Crippen LogP contribution is 2.55. The zero-order valence-corrected chi connectivity index (χ0v) is 32.3. The van der Waals surface area contributed by atoms with Crippen molar-refractivity contribution < 1.29 is 33.5 Å². The summed E-state index contributed by atoms with van der Waals surface area (Å²) in [5.74, 6) is -1.88. The lowest BCUT2D eigenvalue weighted by Gasteiger charge is -2.63. The number of hydrogen-bond donors (Lipinski definition) is 2. The van der Waals surface area contributed by atoms with Crippen molar-refractivity contribution in [1.29, 1.82) is 5.26 Å². The summed E-state index contributed by atoms with van der Waals surface area (Å²) in [4.78, 5) is 82.5. The lowest BCUT2D eigenvalue weighted by Crippen LogP contribution is -2.74. The number of nitriles is 1. The molecule has 13 nitrogen and oxygen atoms in total. The van der Waals surface area contributed by atoms with Crippen LogP contribution in [0.2, 0.25) is 5.02 Å². The van der Waals surface area contributed by atoms with E-state index in [0.717, 1.165) is 27.2 Å². The van der Waals surface area contributed by atoms with Crippen LogP contribution in [0.5, 0.6) is 5.75 Å². The van der Waals surface area contributed by atoms with E-state index in [-0.39, 0.29) is 54.5 Å². The topological polar surface area (TPSA) is 169 Å². The highest BCUT2D eigenvalue weighted by atomic mass is 35.5. The minimum atomic E-state index is -1.03. The maximum atomic E-state index is 13.6. The van der Waals surface area contributed by atoms with E-state index in [2.05, 4.69) is 49.3 Å². The molecule has 0 aromatic heterocycles. The fourth-order valence-corrected chi connectivity index (χ4v) is 9.75. The second-order valence-corrected chi connectivity index (χ2v) is 17.0. The minimum absolute atomic E-state index is 0.0497. The number of carbonyl (C=O) groups excluding carboxylic acids is 6. The van der Waals surface area contributed by atoms with Crippen LogP contribution >= 0.6 is 11.6 Å². The van der Waals surface area contributed by atoms with E-state index in [1.165, 1.54) is 0 Å². The van der Waals surface area contributed by atoms with E-state index < -0.39 is 40.5 Å². The third-order valence-electron chi connectivity index (χ3n) is 12.2. The highest BCUT2D eigenvalue weighted by molar-refractivity contribution is 6.31. The second-order valence-electron chi connectivity index (χ2n) is 16.6. The molecule has 4 aliphatic heterocycles. The number of ether oxygens (including phenoxy) is 1. The quantitative estimate of drug-likeness (QED) is 0.335. The van der Waals surface area contributed by atoms with Crippen molar-refractivity contribution in [2.75, 3.05) is 13.1 Å². The van der Waals surface area contributed by atoms with Crippen LogP contribution in [0.3, 0.4) is 0 Å². The second kappa shape index (κ2) is 13.6. The number of carbonyl (C=O) groups is 6. The van der Waals surface area contributed by atoms with Gasteiger partial charge >= 0.3 is 0 Å². The van der Waals surface area contributed by atoms with E-state index >= 15 is 0 Å². The standard InChI is InChI=1S/C42H41ClN6O7/c1-41(2)39(42(3,4)40(41)56-28-8-7-24(17-44)31(43)16-28)46-35(52)23-5-6-25-18-47(12-11-22(25)13-23)21-34(51)48-19-26-14-29-30(15-27(26)20-48)38(55)49(37(29)54)32-9-10-33(50)45-36(32)53/h5-8,13-16,32,39-40H,9-12,18-21H2,1-4H3,(H,46,52)(H,45,50,53). The molecule has 1 saturated carbocycles. The molecule has 3 aromatic carbocycles. The van der Waals surface area contributed by atoms with Crippen LogP contribution in [-0.4, -0.2) is 81.4 Å². The summed E-state index contributed by atoms with van der Waals surface area (Å²) in [5, 5.41) is 15.0. The first-order valence-electron chi connectivity index (χ1n) is 18.7. The maximum Gasteiger partial charge on any atom is 0.262 e. The summed E-state index contributed by atoms with van der Waals surface area (Å²) in [7, 11) is 0. The Kier molecular flexibility index (Phi) is 9.05. The van der Waals surface area contributed by atoms with Crippen molar-refractivity contribution in [3.05, 3.63) is 98.1 Å². The van der Waals surface area contributed by atoms with Crippen molar-refractivity contribution in [2.24, 2.45) is 10.8 Å². The van der Waals surface area contributed by atoms with Gasteiger partial charge < -0.3 is 15.0 Å². The van der Waals surface area contributed by atoms with E-state index in [4.69, 9.17) is 16.3 Å². The molecule has 1 saturated heterocycles. The van der Waals surface area contributed by atoms with Gasteiger partial charge in [0.1, 0.15) is 24.0 Å². The molecule has 6 amide bonds. The molecule has 0 bridgehead atoms. The fraction of sp³-hybridized carbons (Fsp3) is 0.405. The Labute approximate surface area is 328 Å². The monoisotopic (exact) mass is 776 g/mol. The zero-order valence-electron chi connectivity index (χ0n) is 31.5. The molecule has 2 N–H and O–H groups in total. The van der Waals surface area contributed by atoms with Crippen LogP contribution in [0, 0.1) is 22.2 Å². The summed E-state index contributed by atoms with van der Waals surface area (Å²) in [6.07, 6.45) is 0.593. The average Bonchev–Trinajstić information content (AvgIpc) is 3.69. The lowest BCUT2D eigenvalue weighted by atomic mass is 9.49. The Morgan fingerprint density at radius 3 is 2.20 bits per heavy atom. The van der Waals surface area contributed by atoms with Crippen LogP contribution in [-0.2, 0) is 40.4 Å². The van der Waals surface area contributed by atoms with Crippen LogP contribution < -0.4 is 15.4 Å². The Hall–Kier alpha value is -5.58. The third kappa shape index (κ3) is 6.21. The molecule has 0 spiro atoms. The molecule has 1 unspecified atom stereocenters. The Morgan fingerprint density at radius 1 is 0.893 bits per heavy atom. The van der Waals surface area contributed by atoms with Gasteiger partial charge in [-0.05, 0) is 71.5 Å². The molecule has 1 atom stereocenters. The molecular formula is C42H41ClN6O7. The Bertz CT molecular complexity index is 2250. The van der Waals surface area contributed by atoms with Crippen molar-refractivity contribution in [1.82, 2.24) is 25.3 Å². The van der Waals surface area contributed by atoms with Gasteiger partial charge in [0.05, 0.1) is 28.3 Å². The molecule has 56 heavy (non-hydrogen) atoms. The number of nitrogens with one attached hydrogen (secondary N) is 2. The summed E-state index contributed by atoms with van der Waals surface area (Å²) in [6, 6.07) is 14.9. The van der Waals surface area contributed by atoms with Gasteiger partial charge in [0.15, 0.2) is 0 Å². The number of fused-ring (bicyclic) bond motifs is 3. The van der Waals surface area contributed by atoms with Crippen LogP contribution in [0.4, 0.5) is 0 Å². The van der Waals surface area contributed by atoms with E-state index in [9.17, 15) is 34.0 Å². The summed E-state index contributed by atoms with van der Waals surface area (Å²) in [6.45, 7) is 10.2. The van der Waals surface area contributed by atoms with Gasteiger partial charge in [-0.3, -0.25) is 43.9 Å². The normalized spacial score (nSPS) is 23.4. The first-order valence-corrected chi connectivity index (χ1v) is 19.1. The Morgan fingerprint density at radius 2 is 1.57 bits per heavy atom. The molecule has 288 valence electrons. The van der Waals surface area contributed by atoms with Gasteiger partial charge in [-0.2, -0.15) is 5.26 Å². The SMILES string of the molecule is CC1(C)C(NC(=O)c2ccc3c(c2)CCN(CC(=O)N2Cc4cc5c(cc4C2)C(=O)N(C2CCC(=O)NC2=O)C5=O)C3)C(C)(C)C1Oc1ccc(C#N)c(Cl)c1. The van der Waals surface area contributed by atoms with Gasteiger partial charge in [0.2, 0.25) is 17.7 Å². The summed E-state index contributed by atoms with van der Waals surface area (Å²) >= 11 is 6.24. The van der Waals surface area contributed by atoms with Gasteiger partial charge in [-0.25, -0.2) is 0 Å². The molecule has 14 heteroatoms. The van der Waals surface area contributed by atoms with E-state index in [1.807, 2.05) is 18.2 Å². The third-order valence-corrected chi connectivity index (χ3v) is 12.5. The first-order chi connectivity index (χ1) is 26.6. The number of piperidine rings is 1. The van der Waals surface area contributed by atoms with Gasteiger partial charge in [0, 0.05) is 61.1 Å². The first kappa shape index (κ1) is 37.3. The van der Waals surface area contributed by atoms with Crippen molar-refractivity contribution >= 4 is 47.0 Å². The lowest BCUT2D eigenvalue weighted by molar-refractivity contribution is -0.164. The van der Waals surface area contributed by atoms with Crippen LogP contribution in [0.25, 0.3) is 0 Å². The zero-order chi connectivity index (χ0) is 39.8. The number of nitrogens with zero attached hydrogens (tertiary/aromatic N) is 4. The molecule has 0 radical (unpaired) electrons. The predicted octanol–water partition coefficient (Wildman–Crippen LogP) is 4.13. The molecular weight excluding hydrogens is 736 g/mol. The number of rotatable bonds is 7. The summed E-state index contributed by atoms with van der Waals surface area (Å²) in [5.41, 5.74) is 4.25. The molecule has 4 heterocycles. The molecule has 8 rings (SSSR count). The molecule has 5 aliphatic rings. The van der Waals surface area contributed by atoms with Gasteiger partial charge in [0.25, 0.3) is 17.7 Å². The average molecular weight is 777 g/mol. The molecule has 3 aromatic rings. The predicted molar refractivity (Wildman–Crippen MR) is 202 cm³/mol. The fourth-order valence-electron chi connectivity index (χ4n) is 9.53. The van der Waals surface area contributed by atoms with E-state index in [1.54, 1.807) is 35.2 Å². The number of hydrogen-bond acceptors (Lipinski definition) is 9. The number of amides is 6. The van der Waals surface area contributed by atoms with Crippen molar-refractivity contribution in [3.8, 4) is 11.8 Å². The molecule has 2 fully saturated rings. The maximum absolute atomic E-state index is 13.6. The smallest absolute Gasteiger partial charge is 0.262 e.